The second-order valence-electron chi connectivity index (χ2n) is 7.47. The molecule has 1 fully saturated rings. The molecule has 1 aromatic rings. The quantitative estimate of drug-likeness (QED) is 0.771. The minimum Gasteiger partial charge on any atom is -0.332 e. The molecule has 0 saturated carbocycles. The Labute approximate surface area is 144 Å². The van der Waals surface area contributed by atoms with Gasteiger partial charge >= 0.3 is 0 Å². The molecule has 0 radical (unpaired) electrons. The van der Waals surface area contributed by atoms with E-state index in [0.717, 1.165) is 12.8 Å². The lowest BCUT2D eigenvalue weighted by Crippen LogP contribution is -2.45. The molecule has 1 aliphatic rings. The molecule has 0 spiro atoms. The summed E-state index contributed by atoms with van der Waals surface area (Å²) in [7, 11) is 0. The molecule has 1 aromatic heterocycles. The zero-order chi connectivity index (χ0) is 17.7. The molecule has 0 N–H and O–H groups in total. The van der Waals surface area contributed by atoms with Gasteiger partial charge in [-0.15, -0.1) is 0 Å². The summed E-state index contributed by atoms with van der Waals surface area (Å²) in [6.07, 6.45) is 6.18. The normalized spacial score (nSPS) is 19.1. The summed E-state index contributed by atoms with van der Waals surface area (Å²) in [5.74, 6) is 1.30. The van der Waals surface area contributed by atoms with E-state index >= 15 is 0 Å². The number of amides is 1. The van der Waals surface area contributed by atoms with E-state index < -0.39 is 0 Å². The summed E-state index contributed by atoms with van der Waals surface area (Å²) in [4.78, 5) is 35.9. The third-order valence-corrected chi connectivity index (χ3v) is 4.66. The Morgan fingerprint density at radius 3 is 2.46 bits per heavy atom. The van der Waals surface area contributed by atoms with E-state index in [1.54, 1.807) is 18.5 Å². The second-order valence-corrected chi connectivity index (χ2v) is 7.47. The van der Waals surface area contributed by atoms with Crippen LogP contribution in [0.1, 0.15) is 52.8 Å². The third kappa shape index (κ3) is 4.62. The molecule has 1 saturated heterocycles. The number of aromatic nitrogens is 2. The maximum Gasteiger partial charge on any atom is 0.227 e. The van der Waals surface area contributed by atoms with Gasteiger partial charge in [-0.2, -0.15) is 0 Å². The van der Waals surface area contributed by atoms with Crippen molar-refractivity contribution < 1.29 is 9.59 Å². The highest BCUT2D eigenvalue weighted by Crippen LogP contribution is 2.26. The van der Waals surface area contributed by atoms with Crippen LogP contribution in [0.2, 0.25) is 0 Å². The van der Waals surface area contributed by atoms with Crippen molar-refractivity contribution in [3.63, 3.8) is 0 Å². The predicted molar refractivity (Wildman–Crippen MR) is 93.3 cm³/mol. The van der Waals surface area contributed by atoms with Crippen LogP contribution in [0.25, 0.3) is 0 Å². The van der Waals surface area contributed by atoms with Crippen LogP contribution < -0.4 is 0 Å². The highest BCUT2D eigenvalue weighted by molar-refractivity contribution is 5.90. The van der Waals surface area contributed by atoms with Gasteiger partial charge in [0.25, 0.3) is 0 Å². The number of hydrogen-bond donors (Lipinski definition) is 0. The van der Waals surface area contributed by atoms with Gasteiger partial charge in [0.1, 0.15) is 5.82 Å². The van der Waals surface area contributed by atoms with E-state index in [0.29, 0.717) is 31.1 Å². The fourth-order valence-electron chi connectivity index (χ4n) is 3.36. The van der Waals surface area contributed by atoms with Crippen molar-refractivity contribution in [3.05, 3.63) is 24.3 Å². The first-order chi connectivity index (χ1) is 11.4. The first kappa shape index (κ1) is 18.6. The number of rotatable bonds is 7. The molecule has 1 amide bonds. The van der Waals surface area contributed by atoms with E-state index in [4.69, 9.17) is 0 Å². The van der Waals surface area contributed by atoms with Gasteiger partial charge in [-0.25, -0.2) is 9.97 Å². The van der Waals surface area contributed by atoms with E-state index in [1.807, 2.05) is 32.6 Å². The molecule has 2 heterocycles. The summed E-state index contributed by atoms with van der Waals surface area (Å²) in [6.45, 7) is 8.87. The average Bonchev–Trinajstić information content (AvgIpc) is 3.01. The van der Waals surface area contributed by atoms with Crippen LogP contribution in [-0.2, 0) is 16.0 Å². The summed E-state index contributed by atoms with van der Waals surface area (Å²) < 4.78 is 0. The Hall–Kier alpha value is -1.78. The summed E-state index contributed by atoms with van der Waals surface area (Å²) in [5.41, 5.74) is 0. The van der Waals surface area contributed by atoms with Gasteiger partial charge in [0, 0.05) is 37.7 Å². The average molecular weight is 331 g/mol. The minimum atomic E-state index is -0.238. The fourth-order valence-corrected chi connectivity index (χ4v) is 3.36. The van der Waals surface area contributed by atoms with E-state index in [1.165, 1.54) is 0 Å². The second kappa shape index (κ2) is 8.36. The zero-order valence-electron chi connectivity index (χ0n) is 15.2. The monoisotopic (exact) mass is 331 g/mol. The van der Waals surface area contributed by atoms with E-state index in [2.05, 4.69) is 9.97 Å². The lowest BCUT2D eigenvalue weighted by atomic mass is 9.90. The molecule has 0 aromatic carbocycles. The minimum absolute atomic E-state index is 0.0806. The molecule has 5 heteroatoms. The van der Waals surface area contributed by atoms with Crippen LogP contribution in [0.4, 0.5) is 0 Å². The van der Waals surface area contributed by atoms with Gasteiger partial charge in [-0.05, 0) is 30.7 Å². The first-order valence-electron chi connectivity index (χ1n) is 8.99. The van der Waals surface area contributed by atoms with Crippen molar-refractivity contribution in [1.29, 1.82) is 0 Å². The smallest absolute Gasteiger partial charge is 0.227 e. The van der Waals surface area contributed by atoms with Crippen LogP contribution in [0.5, 0.6) is 0 Å². The Morgan fingerprint density at radius 2 is 1.88 bits per heavy atom. The molecule has 1 aliphatic heterocycles. The van der Waals surface area contributed by atoms with Crippen LogP contribution in [0.3, 0.4) is 0 Å². The molecule has 5 nitrogen and oxygen atoms in total. The van der Waals surface area contributed by atoms with E-state index in [-0.39, 0.29) is 29.6 Å². The number of likely N-dealkylation sites (tertiary alicyclic amines) is 1. The highest BCUT2D eigenvalue weighted by Gasteiger charge is 2.38. The largest absolute Gasteiger partial charge is 0.332 e. The number of nitrogens with zero attached hydrogens (tertiary/aromatic N) is 3. The standard InChI is InChI=1S/C19H29N3O2/c1-13(2)11-17(23)16-7-5-10-22(16)19(24)15(14(3)4)12-18-20-8-6-9-21-18/h6,8-9,13-16H,5,7,10-12H2,1-4H3. The van der Waals surface area contributed by atoms with Crippen molar-refractivity contribution in [1.82, 2.24) is 14.9 Å². The lowest BCUT2D eigenvalue weighted by Gasteiger charge is -2.30. The van der Waals surface area contributed by atoms with E-state index in [9.17, 15) is 9.59 Å². The molecule has 2 atom stereocenters. The van der Waals surface area contributed by atoms with Gasteiger partial charge in [0.05, 0.1) is 6.04 Å². The van der Waals surface area contributed by atoms with Gasteiger partial charge in [0.15, 0.2) is 5.78 Å². The maximum atomic E-state index is 13.1. The molecular formula is C19H29N3O2. The van der Waals surface area contributed by atoms with Crippen molar-refractivity contribution in [2.75, 3.05) is 6.54 Å². The summed E-state index contributed by atoms with van der Waals surface area (Å²) in [6, 6.07) is 1.54. The van der Waals surface area contributed by atoms with Gasteiger partial charge in [0.2, 0.25) is 5.91 Å². The Kier molecular flexibility index (Phi) is 6.46. The number of Topliss-reactive ketones (excluding diaryl/α,β-unsaturated/α-hetero) is 1. The highest BCUT2D eigenvalue weighted by atomic mass is 16.2. The molecule has 0 aliphatic carbocycles. The van der Waals surface area contributed by atoms with Crippen LogP contribution >= 0.6 is 0 Å². The molecule has 2 unspecified atom stereocenters. The lowest BCUT2D eigenvalue weighted by molar-refractivity contribution is -0.142. The third-order valence-electron chi connectivity index (χ3n) is 4.66. The van der Waals surface area contributed by atoms with Gasteiger partial charge in [-0.3, -0.25) is 9.59 Å². The van der Waals surface area contributed by atoms with Gasteiger partial charge in [-0.1, -0.05) is 27.7 Å². The number of carbonyl (C=O) groups excluding carboxylic acids is 2. The predicted octanol–water partition coefficient (Wildman–Crippen LogP) is 2.90. The number of ketones is 1. The van der Waals surface area contributed by atoms with Crippen LogP contribution in [-0.4, -0.2) is 39.1 Å². The number of hydrogen-bond acceptors (Lipinski definition) is 4. The summed E-state index contributed by atoms with van der Waals surface area (Å²) in [5, 5.41) is 0. The van der Waals surface area contributed by atoms with Crippen molar-refractivity contribution in [2.24, 2.45) is 17.8 Å². The molecular weight excluding hydrogens is 302 g/mol. The summed E-state index contributed by atoms with van der Waals surface area (Å²) >= 11 is 0. The van der Waals surface area contributed by atoms with Crippen LogP contribution in [0.15, 0.2) is 18.5 Å². The van der Waals surface area contributed by atoms with Gasteiger partial charge < -0.3 is 4.90 Å². The SMILES string of the molecule is CC(C)CC(=O)C1CCCN1C(=O)C(Cc1ncccn1)C(C)C. The molecule has 132 valence electrons. The molecule has 0 bridgehead atoms. The first-order valence-corrected chi connectivity index (χ1v) is 8.99. The maximum absolute atomic E-state index is 13.1. The molecule has 2 rings (SSSR count). The number of carbonyl (C=O) groups is 2. The topological polar surface area (TPSA) is 63.2 Å². The fraction of sp³-hybridized carbons (Fsp3) is 0.684. The molecule has 24 heavy (non-hydrogen) atoms. The Balaban J connectivity index is 2.12. The van der Waals surface area contributed by atoms with Crippen LogP contribution in [0, 0.1) is 17.8 Å². The van der Waals surface area contributed by atoms with Crippen molar-refractivity contribution in [2.45, 2.75) is 59.4 Å². The zero-order valence-corrected chi connectivity index (χ0v) is 15.2. The Morgan fingerprint density at radius 1 is 1.21 bits per heavy atom. The Bertz CT molecular complexity index is 557. The van der Waals surface area contributed by atoms with Crippen molar-refractivity contribution in [3.8, 4) is 0 Å². The van der Waals surface area contributed by atoms with Crippen molar-refractivity contribution >= 4 is 11.7 Å².